The van der Waals surface area contributed by atoms with Crippen LogP contribution in [0, 0.1) is 0 Å². The van der Waals surface area contributed by atoms with Gasteiger partial charge < -0.3 is 5.32 Å². The lowest BCUT2D eigenvalue weighted by atomic mass is 10.1. The minimum Gasteiger partial charge on any atom is -0.352 e. The number of rotatable bonds is 6. The number of amides is 1. The van der Waals surface area contributed by atoms with Crippen LogP contribution in [0.2, 0.25) is 5.02 Å². The van der Waals surface area contributed by atoms with Gasteiger partial charge in [0.05, 0.1) is 0 Å². The van der Waals surface area contributed by atoms with Crippen molar-refractivity contribution in [2.24, 2.45) is 0 Å². The van der Waals surface area contributed by atoms with Crippen molar-refractivity contribution in [3.8, 4) is 11.4 Å². The van der Waals surface area contributed by atoms with Gasteiger partial charge in [-0.3, -0.25) is 9.59 Å². The van der Waals surface area contributed by atoms with Crippen LogP contribution in [0.5, 0.6) is 0 Å². The molecule has 0 aliphatic carbocycles. The van der Waals surface area contributed by atoms with Crippen molar-refractivity contribution in [2.45, 2.75) is 20.0 Å². The summed E-state index contributed by atoms with van der Waals surface area (Å²) in [6.07, 6.45) is 0. The first-order valence-electron chi connectivity index (χ1n) is 7.91. The Morgan fingerprint density at radius 2 is 1.77 bits per heavy atom. The Morgan fingerprint density at radius 3 is 2.42 bits per heavy atom. The number of nitrogens with one attached hydrogen (secondary N) is 1. The molecule has 0 bridgehead atoms. The maximum absolute atomic E-state index is 12.4. The van der Waals surface area contributed by atoms with E-state index in [-0.39, 0.29) is 18.2 Å². The Labute approximate surface area is 155 Å². The fourth-order valence-corrected chi connectivity index (χ4v) is 2.41. The third-order valence-corrected chi connectivity index (χ3v) is 3.91. The number of nitrogens with zero attached hydrogens (tertiary/aromatic N) is 4. The lowest BCUT2D eigenvalue weighted by Gasteiger charge is -2.04. The van der Waals surface area contributed by atoms with Crippen LogP contribution in [-0.4, -0.2) is 31.9 Å². The fraction of sp³-hybridized carbons (Fsp3) is 0.167. The molecule has 8 heteroatoms. The number of carbonyl (C=O) groups is 2. The average Bonchev–Trinajstić information content (AvgIpc) is 3.09. The molecule has 1 N–H and O–H groups in total. The van der Waals surface area contributed by atoms with Crippen molar-refractivity contribution in [2.75, 3.05) is 0 Å². The highest BCUT2D eigenvalue weighted by Crippen LogP contribution is 2.17. The van der Waals surface area contributed by atoms with Crippen LogP contribution in [0.25, 0.3) is 11.4 Å². The Hall–Kier alpha value is -3.06. The Balaban J connectivity index is 1.64. The summed E-state index contributed by atoms with van der Waals surface area (Å²) in [5, 5.41) is 15.4. The molecule has 26 heavy (non-hydrogen) atoms. The molecule has 3 rings (SSSR count). The van der Waals surface area contributed by atoms with Gasteiger partial charge in [-0.05, 0) is 35.0 Å². The monoisotopic (exact) mass is 369 g/mol. The number of Topliss-reactive ketones (excluding diaryl/α,β-unsaturated/α-hetero) is 1. The molecule has 0 aliphatic heterocycles. The second-order valence-electron chi connectivity index (χ2n) is 5.68. The van der Waals surface area contributed by atoms with E-state index in [0.29, 0.717) is 23.0 Å². The lowest BCUT2D eigenvalue weighted by Crippen LogP contribution is -2.19. The van der Waals surface area contributed by atoms with Crippen LogP contribution in [-0.2, 0) is 17.9 Å². The summed E-state index contributed by atoms with van der Waals surface area (Å²) in [5.74, 6) is 0.204. The van der Waals surface area contributed by atoms with Crippen molar-refractivity contribution in [1.29, 1.82) is 0 Å². The minimum absolute atomic E-state index is 0.00830. The van der Waals surface area contributed by atoms with Crippen molar-refractivity contribution in [3.63, 3.8) is 0 Å². The number of halogens is 1. The van der Waals surface area contributed by atoms with Crippen LogP contribution in [0.4, 0.5) is 0 Å². The molecule has 0 saturated carbocycles. The van der Waals surface area contributed by atoms with E-state index in [0.717, 1.165) is 11.1 Å². The maximum atomic E-state index is 12.4. The number of hydrogen-bond acceptors (Lipinski definition) is 5. The van der Waals surface area contributed by atoms with E-state index >= 15 is 0 Å². The normalized spacial score (nSPS) is 10.5. The van der Waals surface area contributed by atoms with E-state index in [1.165, 1.54) is 11.7 Å². The molecule has 7 nitrogen and oxygen atoms in total. The number of aromatic nitrogens is 4. The summed E-state index contributed by atoms with van der Waals surface area (Å²) in [7, 11) is 0. The largest absolute Gasteiger partial charge is 0.352 e. The van der Waals surface area contributed by atoms with Gasteiger partial charge in [0.15, 0.2) is 5.78 Å². The van der Waals surface area contributed by atoms with Crippen LogP contribution in [0.3, 0.4) is 0 Å². The van der Waals surface area contributed by atoms with Gasteiger partial charge in [0.25, 0.3) is 0 Å². The third kappa shape index (κ3) is 4.52. The van der Waals surface area contributed by atoms with Crippen molar-refractivity contribution < 1.29 is 9.59 Å². The Morgan fingerprint density at radius 1 is 1.08 bits per heavy atom. The van der Waals surface area contributed by atoms with Crippen LogP contribution >= 0.6 is 11.6 Å². The second kappa shape index (κ2) is 7.88. The number of benzene rings is 2. The topological polar surface area (TPSA) is 89.8 Å². The molecule has 1 aromatic heterocycles. The summed E-state index contributed by atoms with van der Waals surface area (Å²) >= 11 is 5.86. The van der Waals surface area contributed by atoms with E-state index in [1.807, 2.05) is 0 Å². The minimum atomic E-state index is -0.129. The van der Waals surface area contributed by atoms with Gasteiger partial charge in [-0.2, -0.15) is 4.80 Å². The highest BCUT2D eigenvalue weighted by Gasteiger charge is 2.11. The molecule has 1 amide bonds. The SMILES string of the molecule is CC(=O)NCc1ccc(C(=O)Cn2nnc(-c3ccc(Cl)cc3)n2)cc1. The number of hydrogen-bond donors (Lipinski definition) is 1. The molecule has 0 saturated heterocycles. The molecule has 0 atom stereocenters. The third-order valence-electron chi connectivity index (χ3n) is 3.66. The van der Waals surface area contributed by atoms with E-state index in [4.69, 9.17) is 11.6 Å². The predicted octanol–water partition coefficient (Wildman–Crippen LogP) is 2.51. The van der Waals surface area contributed by atoms with Gasteiger partial charge in [-0.1, -0.05) is 35.9 Å². The highest BCUT2D eigenvalue weighted by atomic mass is 35.5. The molecule has 3 aromatic rings. The van der Waals surface area contributed by atoms with Gasteiger partial charge in [0.1, 0.15) is 6.54 Å². The van der Waals surface area contributed by atoms with E-state index in [1.54, 1.807) is 48.5 Å². The van der Waals surface area contributed by atoms with Crippen molar-refractivity contribution in [1.82, 2.24) is 25.5 Å². The standard InChI is InChI=1S/C18H16ClN5O2/c1-12(25)20-10-13-2-4-14(5-3-13)17(26)11-24-22-18(21-23-24)15-6-8-16(19)9-7-15/h2-9H,10-11H2,1H3,(H,20,25). The quantitative estimate of drug-likeness (QED) is 0.674. The molecule has 0 fully saturated rings. The van der Waals surface area contributed by atoms with Crippen LogP contribution < -0.4 is 5.32 Å². The number of tetrazole rings is 1. The highest BCUT2D eigenvalue weighted by molar-refractivity contribution is 6.30. The predicted molar refractivity (Wildman–Crippen MR) is 96.6 cm³/mol. The second-order valence-corrected chi connectivity index (χ2v) is 6.12. The first-order valence-corrected chi connectivity index (χ1v) is 8.29. The molecule has 0 spiro atoms. The first-order chi connectivity index (χ1) is 12.5. The summed E-state index contributed by atoms with van der Waals surface area (Å²) < 4.78 is 0. The molecular weight excluding hydrogens is 354 g/mol. The zero-order chi connectivity index (χ0) is 18.5. The van der Waals surface area contributed by atoms with Gasteiger partial charge in [0.2, 0.25) is 11.7 Å². The Kier molecular flexibility index (Phi) is 5.38. The van der Waals surface area contributed by atoms with E-state index in [2.05, 4.69) is 20.7 Å². The zero-order valence-corrected chi connectivity index (χ0v) is 14.8. The van der Waals surface area contributed by atoms with Gasteiger partial charge in [0, 0.05) is 29.6 Å². The zero-order valence-electron chi connectivity index (χ0n) is 14.0. The molecule has 1 heterocycles. The number of ketones is 1. The fourth-order valence-electron chi connectivity index (χ4n) is 2.28. The lowest BCUT2D eigenvalue weighted by molar-refractivity contribution is -0.119. The van der Waals surface area contributed by atoms with E-state index < -0.39 is 0 Å². The van der Waals surface area contributed by atoms with Gasteiger partial charge in [-0.25, -0.2) is 0 Å². The van der Waals surface area contributed by atoms with Crippen LogP contribution in [0.1, 0.15) is 22.8 Å². The molecule has 0 unspecified atom stereocenters. The summed E-state index contributed by atoms with van der Waals surface area (Å²) in [6, 6.07) is 14.1. The molecule has 2 aromatic carbocycles. The Bertz CT molecular complexity index is 920. The summed E-state index contributed by atoms with van der Waals surface area (Å²) in [5.41, 5.74) is 2.23. The van der Waals surface area contributed by atoms with Crippen molar-refractivity contribution in [3.05, 3.63) is 64.7 Å². The summed E-state index contributed by atoms with van der Waals surface area (Å²) in [6.45, 7) is 1.88. The maximum Gasteiger partial charge on any atom is 0.217 e. The smallest absolute Gasteiger partial charge is 0.217 e. The average molecular weight is 370 g/mol. The molecular formula is C18H16ClN5O2. The van der Waals surface area contributed by atoms with Gasteiger partial charge >= 0.3 is 0 Å². The molecule has 0 aliphatic rings. The molecule has 132 valence electrons. The summed E-state index contributed by atoms with van der Waals surface area (Å²) in [4.78, 5) is 24.5. The molecule has 0 radical (unpaired) electrons. The van der Waals surface area contributed by atoms with Gasteiger partial charge in [-0.15, -0.1) is 10.2 Å². The number of carbonyl (C=O) groups excluding carboxylic acids is 2. The van der Waals surface area contributed by atoms with Crippen molar-refractivity contribution >= 4 is 23.3 Å². The first kappa shape index (κ1) is 17.8. The van der Waals surface area contributed by atoms with Crippen LogP contribution in [0.15, 0.2) is 48.5 Å². The van der Waals surface area contributed by atoms with E-state index in [9.17, 15) is 9.59 Å².